The molecule has 3 fully saturated rings. The first kappa shape index (κ1) is 32.6. The number of rotatable bonds is 15. The Morgan fingerprint density at radius 3 is 2.33 bits per heavy atom. The van der Waals surface area contributed by atoms with Gasteiger partial charge in [-0.25, -0.2) is 0 Å². The van der Waals surface area contributed by atoms with Gasteiger partial charge < -0.3 is 24.5 Å². The van der Waals surface area contributed by atoms with Crippen LogP contribution in [0.5, 0.6) is 0 Å². The second kappa shape index (κ2) is 14.1. The van der Waals surface area contributed by atoms with Crippen molar-refractivity contribution in [3.05, 3.63) is 90.5 Å². The summed E-state index contributed by atoms with van der Waals surface area (Å²) in [4.78, 5) is 49.0. The van der Waals surface area contributed by atoms with Gasteiger partial charge in [0.15, 0.2) is 0 Å². The number of amides is 3. The molecular formula is C37H47N3O5. The summed E-state index contributed by atoms with van der Waals surface area (Å²) in [6.45, 7) is 13.4. The highest BCUT2D eigenvalue weighted by Gasteiger charge is 2.74. The number of para-hydroxylation sites is 1. The van der Waals surface area contributed by atoms with Crippen molar-refractivity contribution in [3.63, 3.8) is 0 Å². The van der Waals surface area contributed by atoms with E-state index >= 15 is 0 Å². The van der Waals surface area contributed by atoms with Gasteiger partial charge in [0, 0.05) is 38.5 Å². The summed E-state index contributed by atoms with van der Waals surface area (Å²) in [7, 11) is 0. The number of aliphatic hydroxyl groups is 1. The van der Waals surface area contributed by atoms with E-state index in [-0.39, 0.29) is 30.9 Å². The van der Waals surface area contributed by atoms with E-state index in [2.05, 4.69) is 13.2 Å². The number of aryl methyl sites for hydroxylation is 2. The second-order valence-electron chi connectivity index (χ2n) is 12.7. The molecule has 0 radical (unpaired) electrons. The molecule has 2 unspecified atom stereocenters. The fourth-order valence-corrected chi connectivity index (χ4v) is 7.90. The molecule has 0 saturated carbocycles. The lowest BCUT2D eigenvalue weighted by atomic mass is 9.70. The third-order valence-corrected chi connectivity index (χ3v) is 9.79. The van der Waals surface area contributed by atoms with Crippen LogP contribution in [0, 0.1) is 25.7 Å². The maximum Gasteiger partial charge on any atom is 0.253 e. The predicted octanol–water partition coefficient (Wildman–Crippen LogP) is 4.96. The van der Waals surface area contributed by atoms with Gasteiger partial charge in [-0.2, -0.15) is 0 Å². The molecule has 5 rings (SSSR count). The smallest absolute Gasteiger partial charge is 0.253 e. The van der Waals surface area contributed by atoms with Crippen LogP contribution < -0.4 is 4.90 Å². The van der Waals surface area contributed by atoms with Crippen LogP contribution >= 0.6 is 0 Å². The van der Waals surface area contributed by atoms with Crippen molar-refractivity contribution >= 4 is 23.4 Å². The molecule has 8 nitrogen and oxygen atoms in total. The number of unbranched alkanes of at least 4 members (excludes halogenated alkanes) is 3. The third-order valence-electron chi connectivity index (χ3n) is 9.79. The summed E-state index contributed by atoms with van der Waals surface area (Å²) < 4.78 is 6.76. The lowest BCUT2D eigenvalue weighted by Crippen LogP contribution is -2.57. The standard InChI is InChI=1S/C37H47N3O5/c1-5-21-38(25-28-17-10-9-11-18-28)34(42)30-29-19-20-37(45-29)31(30)35(43)40(23-12-7-8-13-24-41)33(37)36(44)39(22-6-2)32-26(3)15-14-16-27(32)4/h5-6,9-11,14-18,29-31,33,41H,1-2,7-8,12-13,19-25H2,3-4H3/t29-,30+,31+,33?,37?/m1/s1. The van der Waals surface area contributed by atoms with Gasteiger partial charge in [-0.15, -0.1) is 13.2 Å². The lowest BCUT2D eigenvalue weighted by Gasteiger charge is -2.37. The average molecular weight is 614 g/mol. The molecule has 3 heterocycles. The Hall–Kier alpha value is -3.75. The van der Waals surface area contributed by atoms with E-state index in [9.17, 15) is 19.5 Å². The molecule has 240 valence electrons. The molecule has 3 saturated heterocycles. The van der Waals surface area contributed by atoms with Gasteiger partial charge in [-0.1, -0.05) is 73.5 Å². The van der Waals surface area contributed by atoms with Crippen LogP contribution in [0.1, 0.15) is 55.2 Å². The van der Waals surface area contributed by atoms with Crippen molar-refractivity contribution in [1.29, 1.82) is 0 Å². The number of fused-ring (bicyclic) bond motifs is 1. The van der Waals surface area contributed by atoms with E-state index in [0.717, 1.165) is 35.2 Å². The Balaban J connectivity index is 1.52. The van der Waals surface area contributed by atoms with E-state index in [0.29, 0.717) is 45.3 Å². The zero-order chi connectivity index (χ0) is 32.1. The van der Waals surface area contributed by atoms with Gasteiger partial charge in [-0.3, -0.25) is 14.4 Å². The van der Waals surface area contributed by atoms with Gasteiger partial charge in [-0.05, 0) is 56.2 Å². The molecule has 3 aliphatic rings. The summed E-state index contributed by atoms with van der Waals surface area (Å²) in [5.74, 6) is -1.90. The molecule has 8 heteroatoms. The van der Waals surface area contributed by atoms with Gasteiger partial charge in [0.25, 0.3) is 5.91 Å². The molecule has 2 aromatic rings. The van der Waals surface area contributed by atoms with Crippen molar-refractivity contribution < 1.29 is 24.2 Å². The minimum atomic E-state index is -1.08. The number of carbonyl (C=O) groups excluding carboxylic acids is 3. The lowest BCUT2D eigenvalue weighted by molar-refractivity contribution is -0.145. The molecule has 3 aliphatic heterocycles. The molecule has 0 aliphatic carbocycles. The fraction of sp³-hybridized carbons (Fsp3) is 0.486. The Labute approximate surface area is 267 Å². The summed E-state index contributed by atoms with van der Waals surface area (Å²) in [5, 5.41) is 9.25. The minimum Gasteiger partial charge on any atom is -0.396 e. The molecule has 3 amide bonds. The van der Waals surface area contributed by atoms with Crippen molar-refractivity contribution in [2.24, 2.45) is 11.8 Å². The highest BCUT2D eigenvalue weighted by atomic mass is 16.5. The maximum absolute atomic E-state index is 14.9. The number of carbonyl (C=O) groups is 3. The van der Waals surface area contributed by atoms with E-state index in [1.165, 1.54) is 0 Å². The van der Waals surface area contributed by atoms with Crippen molar-refractivity contribution in [2.45, 2.75) is 76.7 Å². The van der Waals surface area contributed by atoms with Gasteiger partial charge in [0.1, 0.15) is 11.6 Å². The van der Waals surface area contributed by atoms with Crippen LogP contribution in [-0.4, -0.2) is 76.6 Å². The highest BCUT2D eigenvalue weighted by Crippen LogP contribution is 2.59. The quantitative estimate of drug-likeness (QED) is 0.227. The van der Waals surface area contributed by atoms with Gasteiger partial charge in [0.05, 0.1) is 17.9 Å². The van der Waals surface area contributed by atoms with Crippen LogP contribution in [0.3, 0.4) is 0 Å². The monoisotopic (exact) mass is 613 g/mol. The second-order valence-corrected chi connectivity index (χ2v) is 12.7. The average Bonchev–Trinajstić information content (AvgIpc) is 3.67. The number of hydrogen-bond acceptors (Lipinski definition) is 5. The summed E-state index contributed by atoms with van der Waals surface area (Å²) in [6.07, 6.45) is 7.22. The number of likely N-dealkylation sites (tertiary alicyclic amines) is 1. The van der Waals surface area contributed by atoms with Crippen LogP contribution in [-0.2, 0) is 25.7 Å². The Bertz CT molecular complexity index is 1390. The Morgan fingerprint density at radius 1 is 0.978 bits per heavy atom. The van der Waals surface area contributed by atoms with Gasteiger partial charge >= 0.3 is 0 Å². The van der Waals surface area contributed by atoms with Crippen LogP contribution in [0.15, 0.2) is 73.8 Å². The molecule has 1 N–H and O–H groups in total. The molecule has 5 atom stereocenters. The molecule has 0 aromatic heterocycles. The zero-order valence-corrected chi connectivity index (χ0v) is 26.7. The Morgan fingerprint density at radius 2 is 1.67 bits per heavy atom. The molecular weight excluding hydrogens is 566 g/mol. The first-order chi connectivity index (χ1) is 21.8. The van der Waals surface area contributed by atoms with Crippen molar-refractivity contribution in [1.82, 2.24) is 9.80 Å². The molecule has 2 bridgehead atoms. The fourth-order valence-electron chi connectivity index (χ4n) is 7.90. The van der Waals surface area contributed by atoms with E-state index in [1.54, 1.807) is 26.9 Å². The normalized spacial score (nSPS) is 24.9. The number of hydrogen-bond donors (Lipinski definition) is 1. The first-order valence-electron chi connectivity index (χ1n) is 16.3. The van der Waals surface area contributed by atoms with Crippen LogP contribution in [0.25, 0.3) is 0 Å². The van der Waals surface area contributed by atoms with Crippen molar-refractivity contribution in [3.8, 4) is 0 Å². The summed E-state index contributed by atoms with van der Waals surface area (Å²) >= 11 is 0. The summed E-state index contributed by atoms with van der Waals surface area (Å²) in [5.41, 5.74) is 2.66. The summed E-state index contributed by atoms with van der Waals surface area (Å²) in [6, 6.07) is 14.9. The van der Waals surface area contributed by atoms with E-state index in [4.69, 9.17) is 4.74 Å². The number of aliphatic hydroxyl groups excluding tert-OH is 1. The van der Waals surface area contributed by atoms with Gasteiger partial charge in [0.2, 0.25) is 11.8 Å². The van der Waals surface area contributed by atoms with Crippen molar-refractivity contribution in [2.75, 3.05) is 31.1 Å². The van der Waals surface area contributed by atoms with Crippen LogP contribution in [0.2, 0.25) is 0 Å². The first-order valence-corrected chi connectivity index (χ1v) is 16.3. The topological polar surface area (TPSA) is 90.4 Å². The number of anilines is 1. The van der Waals surface area contributed by atoms with E-state index < -0.39 is 29.6 Å². The molecule has 2 aromatic carbocycles. The third kappa shape index (κ3) is 6.10. The molecule has 1 spiro atoms. The van der Waals surface area contributed by atoms with E-state index in [1.807, 2.05) is 62.4 Å². The number of benzene rings is 2. The maximum atomic E-state index is 14.9. The van der Waals surface area contributed by atoms with Crippen LogP contribution in [0.4, 0.5) is 5.69 Å². The largest absolute Gasteiger partial charge is 0.396 e. The minimum absolute atomic E-state index is 0.127. The predicted molar refractivity (Wildman–Crippen MR) is 175 cm³/mol. The number of nitrogens with zero attached hydrogens (tertiary/aromatic N) is 3. The SMILES string of the molecule is C=CCN(Cc1ccccc1)C(=O)[C@@H]1[C@H]2C(=O)N(CCCCCCO)C(C(=O)N(CC=C)c3c(C)cccc3C)C23CC[C@H]1O3. The Kier molecular flexibility index (Phi) is 10.2. The number of ether oxygens (including phenoxy) is 1. The zero-order valence-electron chi connectivity index (χ0n) is 26.7. The highest BCUT2D eigenvalue weighted by molar-refractivity contribution is 6.05. The molecule has 45 heavy (non-hydrogen) atoms.